The van der Waals surface area contributed by atoms with Gasteiger partial charge in [0.05, 0.1) is 6.54 Å². The lowest BCUT2D eigenvalue weighted by atomic mass is 10.0. The Kier molecular flexibility index (Phi) is 5.94. The summed E-state index contributed by atoms with van der Waals surface area (Å²) in [5.41, 5.74) is 0. The van der Waals surface area contributed by atoms with Gasteiger partial charge in [-0.05, 0) is 37.6 Å². The molecule has 0 aromatic rings. The maximum absolute atomic E-state index is 12.4. The third-order valence-electron chi connectivity index (χ3n) is 4.49. The van der Waals surface area contributed by atoms with Crippen LogP contribution in [0.1, 0.15) is 26.2 Å². The molecule has 0 spiro atoms. The Balaban J connectivity index is 1.75. The third-order valence-corrected chi connectivity index (χ3v) is 4.49. The van der Waals surface area contributed by atoms with E-state index in [1.165, 1.54) is 17.7 Å². The average molecular weight is 320 g/mol. The number of nitrogens with one attached hydrogen (secondary N) is 1. The third kappa shape index (κ3) is 5.34. The van der Waals surface area contributed by atoms with Crippen LogP contribution < -0.4 is 5.32 Å². The van der Waals surface area contributed by atoms with E-state index in [4.69, 9.17) is 0 Å². The Hall–Kier alpha value is -0.980. The predicted molar refractivity (Wildman–Crippen MR) is 81.9 cm³/mol. The van der Waals surface area contributed by atoms with Crippen LogP contribution in [0.5, 0.6) is 0 Å². The van der Waals surface area contributed by atoms with Crippen molar-refractivity contribution in [3.05, 3.63) is 0 Å². The highest BCUT2D eigenvalue weighted by Gasteiger charge is 2.34. The molecule has 2 aliphatic heterocycles. The van der Waals surface area contributed by atoms with Crippen molar-refractivity contribution in [2.24, 2.45) is 16.8 Å². The highest BCUT2D eigenvalue weighted by molar-refractivity contribution is 5.80. The number of likely N-dealkylation sites (tertiary alicyclic amines) is 2. The van der Waals surface area contributed by atoms with Crippen molar-refractivity contribution >= 4 is 5.96 Å². The fourth-order valence-corrected chi connectivity index (χ4v) is 3.43. The summed E-state index contributed by atoms with van der Waals surface area (Å²) in [5.74, 6) is 1.82. The first kappa shape index (κ1) is 17.4. The molecule has 2 rings (SSSR count). The van der Waals surface area contributed by atoms with Crippen molar-refractivity contribution in [3.63, 3.8) is 0 Å². The minimum atomic E-state index is -4.09. The van der Waals surface area contributed by atoms with E-state index in [1.807, 2.05) is 0 Å². The first-order valence-corrected chi connectivity index (χ1v) is 8.12. The molecule has 2 aliphatic rings. The van der Waals surface area contributed by atoms with Gasteiger partial charge in [-0.2, -0.15) is 13.2 Å². The molecule has 2 heterocycles. The normalized spacial score (nSPS) is 28.2. The van der Waals surface area contributed by atoms with Crippen LogP contribution in [0.15, 0.2) is 4.99 Å². The summed E-state index contributed by atoms with van der Waals surface area (Å²) in [6.07, 6.45) is -0.855. The molecule has 0 aromatic heterocycles. The lowest BCUT2D eigenvalue weighted by molar-refractivity contribution is -0.143. The van der Waals surface area contributed by atoms with E-state index in [0.29, 0.717) is 25.6 Å². The SMILES string of the molecule is CN=C(NCC1CCN(CC(F)(F)F)C1)N1CCCC(C)C1. The zero-order valence-corrected chi connectivity index (χ0v) is 13.5. The second-order valence-electron chi connectivity index (χ2n) is 6.63. The average Bonchev–Trinajstić information content (AvgIpc) is 2.85. The summed E-state index contributed by atoms with van der Waals surface area (Å²) in [6.45, 7) is 5.21. The second kappa shape index (κ2) is 7.53. The van der Waals surface area contributed by atoms with Gasteiger partial charge in [0.25, 0.3) is 0 Å². The van der Waals surface area contributed by atoms with Crippen LogP contribution in [0, 0.1) is 11.8 Å². The summed E-state index contributed by atoms with van der Waals surface area (Å²) in [5, 5.41) is 3.35. The van der Waals surface area contributed by atoms with Crippen molar-refractivity contribution in [1.29, 1.82) is 0 Å². The van der Waals surface area contributed by atoms with Crippen LogP contribution in [0.2, 0.25) is 0 Å². The highest BCUT2D eigenvalue weighted by atomic mass is 19.4. The maximum Gasteiger partial charge on any atom is 0.401 e. The van der Waals surface area contributed by atoms with Gasteiger partial charge in [-0.3, -0.25) is 9.89 Å². The van der Waals surface area contributed by atoms with Gasteiger partial charge < -0.3 is 10.2 Å². The zero-order chi connectivity index (χ0) is 16.2. The van der Waals surface area contributed by atoms with E-state index in [0.717, 1.165) is 25.5 Å². The molecular weight excluding hydrogens is 293 g/mol. The Morgan fingerprint density at radius 1 is 1.23 bits per heavy atom. The summed E-state index contributed by atoms with van der Waals surface area (Å²) < 4.78 is 37.2. The molecule has 7 heteroatoms. The smallest absolute Gasteiger partial charge is 0.356 e. The van der Waals surface area contributed by atoms with Crippen molar-refractivity contribution < 1.29 is 13.2 Å². The van der Waals surface area contributed by atoms with E-state index in [-0.39, 0.29) is 5.92 Å². The van der Waals surface area contributed by atoms with Gasteiger partial charge in [0.15, 0.2) is 5.96 Å². The van der Waals surface area contributed by atoms with Crippen molar-refractivity contribution in [3.8, 4) is 0 Å². The maximum atomic E-state index is 12.4. The minimum absolute atomic E-state index is 0.265. The molecule has 0 amide bonds. The molecule has 0 saturated carbocycles. The molecule has 2 unspecified atom stereocenters. The quantitative estimate of drug-likeness (QED) is 0.639. The van der Waals surface area contributed by atoms with Crippen LogP contribution in [-0.2, 0) is 0 Å². The van der Waals surface area contributed by atoms with Crippen LogP contribution in [0.25, 0.3) is 0 Å². The number of aliphatic imine (C=N–C) groups is 1. The van der Waals surface area contributed by atoms with Gasteiger partial charge in [0, 0.05) is 33.2 Å². The summed E-state index contributed by atoms with van der Waals surface area (Å²) >= 11 is 0. The molecule has 0 bridgehead atoms. The number of hydrogen-bond donors (Lipinski definition) is 1. The summed E-state index contributed by atoms with van der Waals surface area (Å²) in [4.78, 5) is 8.08. The number of halogens is 3. The van der Waals surface area contributed by atoms with Gasteiger partial charge in [0.1, 0.15) is 0 Å². The summed E-state index contributed by atoms with van der Waals surface area (Å²) in [6, 6.07) is 0. The minimum Gasteiger partial charge on any atom is -0.356 e. The lowest BCUT2D eigenvalue weighted by Crippen LogP contribution is -2.47. The molecule has 2 saturated heterocycles. The fourth-order valence-electron chi connectivity index (χ4n) is 3.43. The molecule has 0 aromatic carbocycles. The first-order valence-electron chi connectivity index (χ1n) is 8.12. The van der Waals surface area contributed by atoms with Gasteiger partial charge in [-0.1, -0.05) is 6.92 Å². The summed E-state index contributed by atoms with van der Waals surface area (Å²) in [7, 11) is 1.77. The fraction of sp³-hybridized carbons (Fsp3) is 0.933. The Morgan fingerprint density at radius 2 is 2.00 bits per heavy atom. The van der Waals surface area contributed by atoms with E-state index in [9.17, 15) is 13.2 Å². The standard InChI is InChI=1S/C15H27F3N4/c1-12-4-3-6-22(9-12)14(19-2)20-8-13-5-7-21(10-13)11-15(16,17)18/h12-13H,3-11H2,1-2H3,(H,19,20). The molecule has 4 nitrogen and oxygen atoms in total. The van der Waals surface area contributed by atoms with Crippen molar-refractivity contribution in [1.82, 2.24) is 15.1 Å². The van der Waals surface area contributed by atoms with Crippen LogP contribution in [-0.4, -0.2) is 68.3 Å². The topological polar surface area (TPSA) is 30.9 Å². The van der Waals surface area contributed by atoms with E-state index >= 15 is 0 Å². The molecule has 22 heavy (non-hydrogen) atoms. The molecule has 1 N–H and O–H groups in total. The van der Waals surface area contributed by atoms with Crippen LogP contribution in [0.3, 0.4) is 0 Å². The first-order chi connectivity index (χ1) is 10.4. The Labute approximate surface area is 130 Å². The molecule has 2 atom stereocenters. The van der Waals surface area contributed by atoms with E-state index in [1.54, 1.807) is 7.05 Å². The second-order valence-corrected chi connectivity index (χ2v) is 6.63. The molecule has 128 valence electrons. The van der Waals surface area contributed by atoms with E-state index < -0.39 is 12.7 Å². The Bertz CT molecular complexity index is 383. The van der Waals surface area contributed by atoms with Crippen LogP contribution >= 0.6 is 0 Å². The molecule has 0 aliphatic carbocycles. The van der Waals surface area contributed by atoms with E-state index in [2.05, 4.69) is 22.1 Å². The van der Waals surface area contributed by atoms with Crippen molar-refractivity contribution in [2.75, 3.05) is 46.3 Å². The van der Waals surface area contributed by atoms with Crippen LogP contribution in [0.4, 0.5) is 13.2 Å². The number of piperidine rings is 1. The number of rotatable bonds is 3. The number of alkyl halides is 3. The predicted octanol–water partition coefficient (Wildman–Crippen LogP) is 2.18. The largest absolute Gasteiger partial charge is 0.401 e. The van der Waals surface area contributed by atoms with Gasteiger partial charge in [-0.15, -0.1) is 0 Å². The number of nitrogens with zero attached hydrogens (tertiary/aromatic N) is 3. The van der Waals surface area contributed by atoms with Gasteiger partial charge in [-0.25, -0.2) is 0 Å². The van der Waals surface area contributed by atoms with Crippen molar-refractivity contribution in [2.45, 2.75) is 32.4 Å². The lowest BCUT2D eigenvalue weighted by Gasteiger charge is -2.34. The molecule has 0 radical (unpaired) electrons. The monoisotopic (exact) mass is 320 g/mol. The molecule has 2 fully saturated rings. The van der Waals surface area contributed by atoms with Gasteiger partial charge in [0.2, 0.25) is 0 Å². The Morgan fingerprint density at radius 3 is 2.64 bits per heavy atom. The highest BCUT2D eigenvalue weighted by Crippen LogP contribution is 2.22. The number of guanidine groups is 1. The molecular formula is C15H27F3N4. The zero-order valence-electron chi connectivity index (χ0n) is 13.5. The number of hydrogen-bond acceptors (Lipinski definition) is 2. The van der Waals surface area contributed by atoms with Gasteiger partial charge >= 0.3 is 6.18 Å².